The lowest BCUT2D eigenvalue weighted by molar-refractivity contribution is 0.407. The smallest absolute Gasteiger partial charge is 0.229 e. The molecule has 0 unspecified atom stereocenters. The summed E-state index contributed by atoms with van der Waals surface area (Å²) in [5.41, 5.74) is 4.72. The molecule has 3 N–H and O–H groups in total. The van der Waals surface area contributed by atoms with Crippen LogP contribution in [0.1, 0.15) is 30.9 Å². The van der Waals surface area contributed by atoms with Gasteiger partial charge in [0.1, 0.15) is 16.5 Å². The van der Waals surface area contributed by atoms with Gasteiger partial charge in [-0.3, -0.25) is 0 Å². The van der Waals surface area contributed by atoms with Gasteiger partial charge in [-0.25, -0.2) is 4.98 Å². The number of halogens is 1. The molecule has 170 valence electrons. The first-order chi connectivity index (χ1) is 15.4. The van der Waals surface area contributed by atoms with Crippen LogP contribution in [0.5, 0.6) is 11.5 Å². The highest BCUT2D eigenvalue weighted by molar-refractivity contribution is 7.99. The fraction of sp³-hybridized carbons (Fsp3) is 0.304. The molecule has 0 saturated carbocycles. The molecular weight excluding hydrogens is 446 g/mol. The summed E-state index contributed by atoms with van der Waals surface area (Å²) in [5.74, 6) is 2.86. The van der Waals surface area contributed by atoms with Crippen molar-refractivity contribution in [3.8, 4) is 11.5 Å². The number of anilines is 5. The molecule has 9 heteroatoms. The second kappa shape index (κ2) is 10.7. The molecule has 32 heavy (non-hydrogen) atoms. The van der Waals surface area contributed by atoms with Crippen LogP contribution in [0.3, 0.4) is 0 Å². The van der Waals surface area contributed by atoms with Gasteiger partial charge in [0.05, 0.1) is 31.8 Å². The quantitative estimate of drug-likeness (QED) is 0.294. The van der Waals surface area contributed by atoms with Crippen LogP contribution < -0.4 is 24.8 Å². The van der Waals surface area contributed by atoms with Gasteiger partial charge in [-0.2, -0.15) is 4.98 Å². The molecule has 0 radical (unpaired) electrons. The van der Waals surface area contributed by atoms with Crippen molar-refractivity contribution >= 4 is 52.4 Å². The Bertz CT molecular complexity index is 1090. The van der Waals surface area contributed by atoms with Gasteiger partial charge in [-0.15, -0.1) is 0 Å². The van der Waals surface area contributed by atoms with E-state index < -0.39 is 0 Å². The molecule has 0 spiro atoms. The summed E-state index contributed by atoms with van der Waals surface area (Å²) in [7, 11) is 3.32. The maximum absolute atomic E-state index is 6.39. The Hall–Kier alpha value is -2.84. The van der Waals surface area contributed by atoms with Crippen LogP contribution in [0.15, 0.2) is 36.5 Å². The van der Waals surface area contributed by atoms with Gasteiger partial charge in [0.25, 0.3) is 0 Å². The molecule has 0 aliphatic heterocycles. The summed E-state index contributed by atoms with van der Waals surface area (Å²) in [4.78, 5) is 8.96. The van der Waals surface area contributed by atoms with Gasteiger partial charge in [-0.1, -0.05) is 37.4 Å². The van der Waals surface area contributed by atoms with Crippen LogP contribution in [0.25, 0.3) is 0 Å². The Morgan fingerprint density at radius 2 is 1.78 bits per heavy atom. The van der Waals surface area contributed by atoms with E-state index in [0.29, 0.717) is 22.7 Å². The maximum Gasteiger partial charge on any atom is 0.229 e. The molecule has 0 atom stereocenters. The van der Waals surface area contributed by atoms with Crippen LogP contribution in [0, 0.1) is 6.92 Å². The standard InChI is InChI=1S/C23H28ClN5O2S/c1-13(2)16-11-19(14(3)9-21(16)31-5)27-23-25-12-17(24)22(28-23)26-18-8-7-15(30-4)10-20(18)29-32-6/h7-13,29H,1-6H3,(H2,25,26,27,28). The summed E-state index contributed by atoms with van der Waals surface area (Å²) in [6, 6.07) is 9.78. The number of rotatable bonds is 9. The van der Waals surface area contributed by atoms with Crippen molar-refractivity contribution in [3.05, 3.63) is 52.7 Å². The second-order valence-electron chi connectivity index (χ2n) is 7.42. The number of aryl methyl sites for hydroxylation is 1. The summed E-state index contributed by atoms with van der Waals surface area (Å²) in [5, 5.41) is 7.02. The van der Waals surface area contributed by atoms with Crippen molar-refractivity contribution in [2.45, 2.75) is 26.7 Å². The average Bonchev–Trinajstić information content (AvgIpc) is 2.78. The zero-order chi connectivity index (χ0) is 23.3. The predicted molar refractivity (Wildman–Crippen MR) is 136 cm³/mol. The number of nitrogens with one attached hydrogen (secondary N) is 3. The summed E-state index contributed by atoms with van der Waals surface area (Å²) >= 11 is 7.87. The normalized spacial score (nSPS) is 10.8. The van der Waals surface area contributed by atoms with Crippen LogP contribution in [0.2, 0.25) is 5.02 Å². The molecule has 2 aromatic carbocycles. The second-order valence-corrected chi connectivity index (χ2v) is 8.44. The summed E-state index contributed by atoms with van der Waals surface area (Å²) < 4.78 is 14.1. The van der Waals surface area contributed by atoms with E-state index >= 15 is 0 Å². The average molecular weight is 474 g/mol. The van der Waals surface area contributed by atoms with Gasteiger partial charge >= 0.3 is 0 Å². The molecule has 3 aromatic rings. The molecule has 7 nitrogen and oxygen atoms in total. The lowest BCUT2D eigenvalue weighted by Crippen LogP contribution is -2.05. The van der Waals surface area contributed by atoms with Crippen molar-refractivity contribution in [1.82, 2.24) is 9.97 Å². The van der Waals surface area contributed by atoms with E-state index in [9.17, 15) is 0 Å². The van der Waals surface area contributed by atoms with E-state index in [-0.39, 0.29) is 0 Å². The van der Waals surface area contributed by atoms with Crippen LogP contribution in [0.4, 0.5) is 28.8 Å². The first-order valence-corrected chi connectivity index (χ1v) is 11.7. The molecule has 0 bridgehead atoms. The van der Waals surface area contributed by atoms with E-state index in [1.807, 2.05) is 37.4 Å². The molecule has 0 aliphatic carbocycles. The minimum Gasteiger partial charge on any atom is -0.497 e. The minimum atomic E-state index is 0.312. The number of aromatic nitrogens is 2. The number of hydrogen-bond donors (Lipinski definition) is 3. The van der Waals surface area contributed by atoms with Crippen LogP contribution >= 0.6 is 23.5 Å². The third-order valence-corrected chi connectivity index (χ3v) is 5.58. The zero-order valence-corrected chi connectivity index (χ0v) is 20.6. The minimum absolute atomic E-state index is 0.312. The van der Waals surface area contributed by atoms with Crippen molar-refractivity contribution in [3.63, 3.8) is 0 Å². The van der Waals surface area contributed by atoms with Crippen molar-refractivity contribution in [2.24, 2.45) is 0 Å². The van der Waals surface area contributed by atoms with Crippen molar-refractivity contribution in [2.75, 3.05) is 35.8 Å². The molecule has 0 amide bonds. The largest absolute Gasteiger partial charge is 0.497 e. The molecule has 0 fully saturated rings. The number of methoxy groups -OCH3 is 2. The van der Waals surface area contributed by atoms with Crippen LogP contribution in [-0.2, 0) is 0 Å². The van der Waals surface area contributed by atoms with Gasteiger partial charge in [-0.05, 0) is 48.2 Å². The maximum atomic E-state index is 6.39. The van der Waals surface area contributed by atoms with E-state index in [1.54, 1.807) is 20.4 Å². The Labute approximate surface area is 198 Å². The van der Waals surface area contributed by atoms with E-state index in [4.69, 9.17) is 21.1 Å². The lowest BCUT2D eigenvalue weighted by atomic mass is 9.99. The van der Waals surface area contributed by atoms with Crippen molar-refractivity contribution < 1.29 is 9.47 Å². The molecule has 0 aliphatic rings. The highest BCUT2D eigenvalue weighted by Crippen LogP contribution is 2.35. The Kier molecular flexibility index (Phi) is 7.93. The molecule has 1 heterocycles. The first kappa shape index (κ1) is 23.8. The molecule has 0 saturated heterocycles. The zero-order valence-electron chi connectivity index (χ0n) is 19.0. The third-order valence-electron chi connectivity index (χ3n) is 4.88. The lowest BCUT2D eigenvalue weighted by Gasteiger charge is -2.17. The monoisotopic (exact) mass is 473 g/mol. The van der Waals surface area contributed by atoms with Gasteiger partial charge in [0.15, 0.2) is 5.82 Å². The first-order valence-electron chi connectivity index (χ1n) is 10.1. The number of benzene rings is 2. The molecular formula is C23H28ClN5O2S. The Morgan fingerprint density at radius 1 is 1.00 bits per heavy atom. The molecule has 3 rings (SSSR count). The summed E-state index contributed by atoms with van der Waals surface area (Å²) in [6.07, 6.45) is 3.53. The number of nitrogens with zero attached hydrogens (tertiary/aromatic N) is 2. The third kappa shape index (κ3) is 5.49. The van der Waals surface area contributed by atoms with E-state index in [0.717, 1.165) is 39.7 Å². The van der Waals surface area contributed by atoms with E-state index in [2.05, 4.69) is 45.2 Å². The predicted octanol–water partition coefficient (Wildman–Crippen LogP) is 6.76. The SMILES string of the molecule is COc1ccc(Nc2nc(Nc3cc(C(C)C)c(OC)cc3C)ncc2Cl)c(NSC)c1. The molecule has 1 aromatic heterocycles. The number of ether oxygens (including phenoxy) is 2. The van der Waals surface area contributed by atoms with Crippen LogP contribution in [-0.4, -0.2) is 30.4 Å². The Balaban J connectivity index is 1.91. The van der Waals surface area contributed by atoms with E-state index in [1.165, 1.54) is 11.9 Å². The van der Waals surface area contributed by atoms with Gasteiger partial charge in [0.2, 0.25) is 5.95 Å². The van der Waals surface area contributed by atoms with Gasteiger partial charge < -0.3 is 24.8 Å². The van der Waals surface area contributed by atoms with Gasteiger partial charge in [0, 0.05) is 18.0 Å². The topological polar surface area (TPSA) is 80.3 Å². The fourth-order valence-electron chi connectivity index (χ4n) is 3.18. The summed E-state index contributed by atoms with van der Waals surface area (Å²) in [6.45, 7) is 6.28. The Morgan fingerprint density at radius 3 is 2.44 bits per heavy atom. The highest BCUT2D eigenvalue weighted by atomic mass is 35.5. The fourth-order valence-corrected chi connectivity index (χ4v) is 3.70. The van der Waals surface area contributed by atoms with Crippen molar-refractivity contribution in [1.29, 1.82) is 0 Å². The highest BCUT2D eigenvalue weighted by Gasteiger charge is 2.14. The number of hydrogen-bond acceptors (Lipinski definition) is 8.